The Morgan fingerprint density at radius 2 is 1.68 bits per heavy atom. The van der Waals surface area contributed by atoms with Crippen molar-refractivity contribution in [1.82, 2.24) is 20.2 Å². The number of thiazole rings is 1. The summed E-state index contributed by atoms with van der Waals surface area (Å²) in [6, 6.07) is 21.6. The molecule has 1 saturated heterocycles. The zero-order chi connectivity index (χ0) is 37.5. The van der Waals surface area contributed by atoms with Crippen molar-refractivity contribution in [1.29, 1.82) is 0 Å². The Labute approximate surface area is 318 Å². The van der Waals surface area contributed by atoms with Crippen molar-refractivity contribution in [3.8, 4) is 0 Å². The number of fused-ring (bicyclic) bond motifs is 1. The summed E-state index contributed by atoms with van der Waals surface area (Å²) in [5.41, 5.74) is 1.64. The van der Waals surface area contributed by atoms with Gasteiger partial charge in [0.05, 0.1) is 0 Å². The Balaban J connectivity index is 1.23. The van der Waals surface area contributed by atoms with Crippen molar-refractivity contribution in [2.45, 2.75) is 48.8 Å². The summed E-state index contributed by atoms with van der Waals surface area (Å²) < 4.78 is 11.5. The van der Waals surface area contributed by atoms with Gasteiger partial charge in [0.25, 0.3) is 11.8 Å². The van der Waals surface area contributed by atoms with Gasteiger partial charge in [-0.1, -0.05) is 65.8 Å². The van der Waals surface area contributed by atoms with E-state index in [1.165, 1.54) is 40.9 Å². The van der Waals surface area contributed by atoms with Crippen LogP contribution in [0.2, 0.25) is 0 Å². The Morgan fingerprint density at radius 3 is 2.30 bits per heavy atom. The van der Waals surface area contributed by atoms with E-state index in [4.69, 9.17) is 14.3 Å². The molecule has 13 nitrogen and oxygen atoms in total. The zero-order valence-corrected chi connectivity index (χ0v) is 31.6. The van der Waals surface area contributed by atoms with Gasteiger partial charge in [-0.15, -0.1) is 34.9 Å². The minimum absolute atomic E-state index is 0.118. The van der Waals surface area contributed by atoms with Crippen molar-refractivity contribution in [2.75, 3.05) is 23.9 Å². The van der Waals surface area contributed by atoms with E-state index in [-0.39, 0.29) is 22.2 Å². The number of anilines is 1. The third kappa shape index (κ3) is 9.07. The molecule has 2 N–H and O–H groups in total. The molecule has 0 aliphatic carbocycles. The van der Waals surface area contributed by atoms with E-state index in [2.05, 4.69) is 25.8 Å². The number of oxime groups is 1. The number of β-lactam (4-membered cyclic amide) rings is 1. The summed E-state index contributed by atoms with van der Waals surface area (Å²) in [5.74, 6) is -1.02. The molecule has 2 aromatic carbocycles. The van der Waals surface area contributed by atoms with Crippen molar-refractivity contribution < 1.29 is 33.5 Å². The lowest BCUT2D eigenvalue weighted by molar-refractivity contribution is -0.154. The number of hydrogen-bond acceptors (Lipinski definition) is 13. The minimum atomic E-state index is -0.983. The highest BCUT2D eigenvalue weighted by Gasteiger charge is 2.55. The standard InChI is InChI=1S/C37H36N6O7S3/c1-37(2,3)50-36(47)41-35-39-26(21-53-35)27(42-48-4)31(44)40-28-32(45)43-29(24(20-52-33(28)43)19-51-25-15-17-38-18-16-25)34(46)49-30(22-11-7-5-8-12-22)23-13-9-6-10-14-23/h5-18,21,28,30,33H,19-20H2,1-4H3,(H,40,44)(H,39,41,47)/t28-,33-/m1/s1. The van der Waals surface area contributed by atoms with Crippen LogP contribution in [0.5, 0.6) is 0 Å². The number of benzene rings is 2. The third-order valence-corrected chi connectivity index (χ3v) is 11.0. The van der Waals surface area contributed by atoms with Gasteiger partial charge in [0.1, 0.15) is 35.5 Å². The van der Waals surface area contributed by atoms with Gasteiger partial charge in [0, 0.05) is 34.2 Å². The number of rotatable bonds is 12. The molecule has 4 heterocycles. The normalized spacial score (nSPS) is 17.1. The SMILES string of the molecule is CON=C(C(=O)N[C@@H]1C(=O)N2C(C(=O)OC(c3ccccc3)c3ccccc3)=C(CSc3ccncc3)CS[C@H]12)c1csc(NC(=O)OC(C)(C)C)n1. The van der Waals surface area contributed by atoms with E-state index >= 15 is 0 Å². The molecule has 1 fully saturated rings. The highest BCUT2D eigenvalue weighted by molar-refractivity contribution is 8.01. The molecule has 2 atom stereocenters. The second-order valence-electron chi connectivity index (χ2n) is 12.7. The van der Waals surface area contributed by atoms with E-state index in [0.717, 1.165) is 32.9 Å². The Hall–Kier alpha value is -5.19. The first-order valence-electron chi connectivity index (χ1n) is 16.4. The molecule has 0 unspecified atom stereocenters. The Kier molecular flexibility index (Phi) is 11.8. The molecule has 2 aliphatic rings. The number of nitrogens with one attached hydrogen (secondary N) is 2. The predicted molar refractivity (Wildman–Crippen MR) is 203 cm³/mol. The van der Waals surface area contributed by atoms with Crippen LogP contribution < -0.4 is 10.6 Å². The fraction of sp³-hybridized carbons (Fsp3) is 0.270. The first-order chi connectivity index (χ1) is 25.5. The maximum Gasteiger partial charge on any atom is 0.413 e. The summed E-state index contributed by atoms with van der Waals surface area (Å²) in [4.78, 5) is 69.8. The van der Waals surface area contributed by atoms with Crippen LogP contribution in [0.1, 0.15) is 43.7 Å². The monoisotopic (exact) mass is 772 g/mol. The first kappa shape index (κ1) is 37.6. The molecule has 0 saturated carbocycles. The van der Waals surface area contributed by atoms with Gasteiger partial charge in [-0.2, -0.15) is 0 Å². The van der Waals surface area contributed by atoms with Crippen LogP contribution in [0, 0.1) is 0 Å². The summed E-state index contributed by atoms with van der Waals surface area (Å²) in [6.45, 7) is 5.20. The average Bonchev–Trinajstić information content (AvgIpc) is 3.61. The van der Waals surface area contributed by atoms with E-state index < -0.39 is 47.0 Å². The number of amides is 3. The largest absolute Gasteiger partial charge is 0.448 e. The number of aromatic nitrogens is 2. The van der Waals surface area contributed by atoms with Gasteiger partial charge >= 0.3 is 12.1 Å². The van der Waals surface area contributed by atoms with Gasteiger partial charge in [0.15, 0.2) is 16.9 Å². The Bertz CT molecular complexity index is 1980. The average molecular weight is 773 g/mol. The second kappa shape index (κ2) is 16.7. The fourth-order valence-corrected chi connectivity index (χ4v) is 8.52. The molecule has 4 aromatic rings. The summed E-state index contributed by atoms with van der Waals surface area (Å²) in [7, 11) is 1.28. The number of nitrogens with zero attached hydrogens (tertiary/aromatic N) is 4. The van der Waals surface area contributed by atoms with Gasteiger partial charge in [0.2, 0.25) is 0 Å². The maximum atomic E-state index is 14.3. The lowest BCUT2D eigenvalue weighted by atomic mass is 10.0. The number of carbonyl (C=O) groups excluding carboxylic acids is 4. The number of pyridine rings is 1. The van der Waals surface area contributed by atoms with Crippen molar-refractivity contribution in [2.24, 2.45) is 5.16 Å². The molecule has 0 radical (unpaired) electrons. The third-order valence-electron chi connectivity index (χ3n) is 7.77. The van der Waals surface area contributed by atoms with Gasteiger partial charge in [-0.05, 0) is 49.6 Å². The van der Waals surface area contributed by atoms with Crippen molar-refractivity contribution in [3.05, 3.63) is 119 Å². The first-order valence-corrected chi connectivity index (χ1v) is 19.3. The highest BCUT2D eigenvalue weighted by atomic mass is 32.2. The molecule has 6 rings (SSSR count). The van der Waals surface area contributed by atoms with Crippen LogP contribution in [0.3, 0.4) is 0 Å². The summed E-state index contributed by atoms with van der Waals surface area (Å²) >= 11 is 4.01. The van der Waals surface area contributed by atoms with E-state index in [9.17, 15) is 19.2 Å². The number of carbonyl (C=O) groups is 4. The quantitative estimate of drug-likeness (QED) is 0.0570. The minimum Gasteiger partial charge on any atom is -0.448 e. The van der Waals surface area contributed by atoms with Gasteiger partial charge < -0.3 is 19.6 Å². The Morgan fingerprint density at radius 1 is 1.02 bits per heavy atom. The lowest BCUT2D eigenvalue weighted by Gasteiger charge is -2.49. The molecular weight excluding hydrogens is 737 g/mol. The van der Waals surface area contributed by atoms with Crippen LogP contribution in [-0.4, -0.2) is 80.1 Å². The van der Waals surface area contributed by atoms with Crippen LogP contribution in [0.4, 0.5) is 9.93 Å². The van der Waals surface area contributed by atoms with Crippen LogP contribution in [0.25, 0.3) is 0 Å². The van der Waals surface area contributed by atoms with Crippen LogP contribution in [0.15, 0.2) is 112 Å². The van der Waals surface area contributed by atoms with E-state index in [0.29, 0.717) is 11.5 Å². The highest BCUT2D eigenvalue weighted by Crippen LogP contribution is 2.43. The molecular formula is C37H36N6O7S3. The van der Waals surface area contributed by atoms with Crippen LogP contribution >= 0.6 is 34.9 Å². The molecule has 53 heavy (non-hydrogen) atoms. The lowest BCUT2D eigenvalue weighted by Crippen LogP contribution is -2.71. The van der Waals surface area contributed by atoms with Crippen molar-refractivity contribution >= 4 is 69.6 Å². The van der Waals surface area contributed by atoms with Gasteiger partial charge in [-0.3, -0.25) is 24.8 Å². The molecule has 0 spiro atoms. The number of esters is 1. The smallest absolute Gasteiger partial charge is 0.413 e. The molecule has 274 valence electrons. The van der Waals surface area contributed by atoms with Gasteiger partial charge in [-0.25, -0.2) is 14.6 Å². The maximum absolute atomic E-state index is 14.3. The molecule has 0 bridgehead atoms. The zero-order valence-electron chi connectivity index (χ0n) is 29.2. The fourth-order valence-electron chi connectivity index (χ4n) is 5.47. The van der Waals surface area contributed by atoms with E-state index in [1.807, 2.05) is 72.8 Å². The van der Waals surface area contributed by atoms with Crippen LogP contribution in [-0.2, 0) is 28.7 Å². The summed E-state index contributed by atoms with van der Waals surface area (Å²) in [5, 5.41) is 10.3. The van der Waals surface area contributed by atoms with E-state index in [1.54, 1.807) is 33.2 Å². The predicted octanol–water partition coefficient (Wildman–Crippen LogP) is 6.01. The molecule has 16 heteroatoms. The molecule has 2 aromatic heterocycles. The number of hydrogen-bond donors (Lipinski definition) is 2. The topological polar surface area (TPSA) is 161 Å². The second-order valence-corrected chi connectivity index (χ2v) is 15.7. The van der Waals surface area contributed by atoms with Crippen molar-refractivity contribution in [3.63, 3.8) is 0 Å². The summed E-state index contributed by atoms with van der Waals surface area (Å²) in [6.07, 6.45) is 1.95. The molecule has 3 amide bonds. The molecule has 2 aliphatic heterocycles. The number of thioether (sulfide) groups is 2. The number of ether oxygens (including phenoxy) is 2.